The zero-order valence-electron chi connectivity index (χ0n) is 10.6. The molecule has 1 aromatic rings. The van der Waals surface area contributed by atoms with Crippen molar-refractivity contribution in [2.24, 2.45) is 11.3 Å². The van der Waals surface area contributed by atoms with Gasteiger partial charge in [0.25, 0.3) is 0 Å². The summed E-state index contributed by atoms with van der Waals surface area (Å²) in [4.78, 5) is 12.2. The molecule has 2 aliphatic rings. The van der Waals surface area contributed by atoms with E-state index < -0.39 is 0 Å². The third-order valence-electron chi connectivity index (χ3n) is 4.22. The van der Waals surface area contributed by atoms with Crippen molar-refractivity contribution in [3.05, 3.63) is 29.3 Å². The molecule has 1 saturated heterocycles. The van der Waals surface area contributed by atoms with Crippen LogP contribution in [-0.4, -0.2) is 19.0 Å². The second-order valence-corrected chi connectivity index (χ2v) is 5.80. The van der Waals surface area contributed by atoms with Gasteiger partial charge in [-0.3, -0.25) is 4.79 Å². The normalized spacial score (nSPS) is 23.5. The Labute approximate surface area is 124 Å². The Hall–Kier alpha value is -0.770. The number of rotatable bonds is 2. The highest BCUT2D eigenvalue weighted by Gasteiger charge is 2.57. The molecule has 104 valence electrons. The molecule has 1 heterocycles. The van der Waals surface area contributed by atoms with Gasteiger partial charge in [0, 0.05) is 16.6 Å². The molecule has 1 unspecified atom stereocenters. The summed E-state index contributed by atoms with van der Waals surface area (Å²) >= 11 is 5.82. The Bertz CT molecular complexity index is 455. The highest BCUT2D eigenvalue weighted by atomic mass is 35.5. The fourth-order valence-electron chi connectivity index (χ4n) is 2.96. The predicted octanol–water partition coefficient (Wildman–Crippen LogP) is 3.09. The van der Waals surface area contributed by atoms with Crippen LogP contribution < -0.4 is 10.6 Å². The molecule has 1 aliphatic carbocycles. The molecule has 1 saturated carbocycles. The summed E-state index contributed by atoms with van der Waals surface area (Å²) in [5.74, 6) is 0.370. The van der Waals surface area contributed by atoms with Crippen LogP contribution in [0.15, 0.2) is 24.3 Å². The second kappa shape index (κ2) is 5.70. The quantitative estimate of drug-likeness (QED) is 0.881. The topological polar surface area (TPSA) is 41.1 Å². The number of carbonyl (C=O) groups excluding carboxylic acids is 1. The molecule has 1 spiro atoms. The Kier molecular flexibility index (Phi) is 4.39. The summed E-state index contributed by atoms with van der Waals surface area (Å²) in [6.07, 6.45) is 3.31. The van der Waals surface area contributed by atoms with Crippen molar-refractivity contribution in [1.29, 1.82) is 0 Å². The smallest absolute Gasteiger partial charge is 0.228 e. The lowest BCUT2D eigenvalue weighted by Gasteiger charge is -2.23. The number of halogens is 2. The molecule has 19 heavy (non-hydrogen) atoms. The van der Waals surface area contributed by atoms with Gasteiger partial charge in [-0.1, -0.05) is 11.6 Å². The number of hydrogen-bond donors (Lipinski definition) is 2. The van der Waals surface area contributed by atoms with Crippen LogP contribution in [0.25, 0.3) is 0 Å². The lowest BCUT2D eigenvalue weighted by Crippen LogP contribution is -2.31. The first-order valence-electron chi connectivity index (χ1n) is 6.47. The summed E-state index contributed by atoms with van der Waals surface area (Å²) in [5.41, 5.74) is 1.13. The van der Waals surface area contributed by atoms with Crippen LogP contribution in [0.2, 0.25) is 5.02 Å². The van der Waals surface area contributed by atoms with Crippen molar-refractivity contribution in [2.75, 3.05) is 18.4 Å². The predicted molar refractivity (Wildman–Crippen MR) is 80.0 cm³/mol. The molecule has 0 bridgehead atoms. The van der Waals surface area contributed by atoms with E-state index in [0.717, 1.165) is 38.0 Å². The van der Waals surface area contributed by atoms with Gasteiger partial charge in [0.2, 0.25) is 5.91 Å². The zero-order valence-corrected chi connectivity index (χ0v) is 12.2. The van der Waals surface area contributed by atoms with Crippen LogP contribution in [0, 0.1) is 11.3 Å². The fraction of sp³-hybridized carbons (Fsp3) is 0.500. The average molecular weight is 301 g/mol. The monoisotopic (exact) mass is 300 g/mol. The Morgan fingerprint density at radius 2 is 1.89 bits per heavy atom. The summed E-state index contributed by atoms with van der Waals surface area (Å²) in [6, 6.07) is 7.28. The first-order valence-corrected chi connectivity index (χ1v) is 6.85. The molecule has 5 heteroatoms. The number of nitrogens with one attached hydrogen (secondary N) is 2. The van der Waals surface area contributed by atoms with E-state index in [9.17, 15) is 4.79 Å². The minimum atomic E-state index is 0. The van der Waals surface area contributed by atoms with Gasteiger partial charge >= 0.3 is 0 Å². The van der Waals surface area contributed by atoms with Gasteiger partial charge in [0.15, 0.2) is 0 Å². The van der Waals surface area contributed by atoms with Crippen molar-refractivity contribution in [3.8, 4) is 0 Å². The van der Waals surface area contributed by atoms with E-state index in [1.165, 1.54) is 0 Å². The number of amides is 1. The molecule has 0 aromatic heterocycles. The second-order valence-electron chi connectivity index (χ2n) is 5.37. The van der Waals surface area contributed by atoms with Crippen molar-refractivity contribution in [2.45, 2.75) is 19.3 Å². The number of benzene rings is 1. The Morgan fingerprint density at radius 3 is 2.53 bits per heavy atom. The summed E-state index contributed by atoms with van der Waals surface area (Å²) in [5, 5.41) is 7.02. The largest absolute Gasteiger partial charge is 0.326 e. The molecule has 3 rings (SSSR count). The fourth-order valence-corrected chi connectivity index (χ4v) is 3.08. The number of anilines is 1. The van der Waals surface area contributed by atoms with Gasteiger partial charge in [-0.15, -0.1) is 12.4 Å². The maximum atomic E-state index is 12.2. The van der Waals surface area contributed by atoms with Gasteiger partial charge in [-0.25, -0.2) is 0 Å². The molecule has 1 amide bonds. The van der Waals surface area contributed by atoms with Crippen molar-refractivity contribution < 1.29 is 4.79 Å². The van der Waals surface area contributed by atoms with Gasteiger partial charge in [-0.05, 0) is 62.0 Å². The van der Waals surface area contributed by atoms with Gasteiger partial charge in [0.05, 0.1) is 0 Å². The molecular weight excluding hydrogens is 283 g/mol. The van der Waals surface area contributed by atoms with Crippen LogP contribution in [-0.2, 0) is 4.79 Å². The van der Waals surface area contributed by atoms with E-state index in [1.54, 1.807) is 12.1 Å². The summed E-state index contributed by atoms with van der Waals surface area (Å²) in [7, 11) is 0. The van der Waals surface area contributed by atoms with Crippen molar-refractivity contribution in [1.82, 2.24) is 5.32 Å². The molecule has 2 N–H and O–H groups in total. The van der Waals surface area contributed by atoms with Crippen LogP contribution in [0.5, 0.6) is 0 Å². The minimum absolute atomic E-state index is 0. The van der Waals surface area contributed by atoms with Crippen LogP contribution in [0.3, 0.4) is 0 Å². The average Bonchev–Trinajstić information content (AvgIpc) is 3.07. The molecule has 2 fully saturated rings. The molecule has 1 aliphatic heterocycles. The van der Waals surface area contributed by atoms with Crippen LogP contribution in [0.1, 0.15) is 19.3 Å². The first kappa shape index (κ1) is 14.6. The van der Waals surface area contributed by atoms with Crippen molar-refractivity contribution in [3.63, 3.8) is 0 Å². The van der Waals surface area contributed by atoms with E-state index in [0.29, 0.717) is 10.4 Å². The van der Waals surface area contributed by atoms with Gasteiger partial charge < -0.3 is 10.6 Å². The summed E-state index contributed by atoms with van der Waals surface area (Å²) in [6.45, 7) is 2.09. The van der Waals surface area contributed by atoms with E-state index in [-0.39, 0.29) is 24.2 Å². The molecule has 0 radical (unpaired) electrons. The highest BCUT2D eigenvalue weighted by molar-refractivity contribution is 6.30. The molecule has 1 atom stereocenters. The van der Waals surface area contributed by atoms with E-state index >= 15 is 0 Å². The van der Waals surface area contributed by atoms with E-state index in [1.807, 2.05) is 12.1 Å². The maximum Gasteiger partial charge on any atom is 0.228 e. The number of carbonyl (C=O) groups is 1. The molecular formula is C14H18Cl2N2O. The third-order valence-corrected chi connectivity index (χ3v) is 4.47. The van der Waals surface area contributed by atoms with Crippen LogP contribution >= 0.6 is 24.0 Å². The van der Waals surface area contributed by atoms with Gasteiger partial charge in [0.1, 0.15) is 0 Å². The van der Waals surface area contributed by atoms with E-state index in [4.69, 9.17) is 11.6 Å². The highest BCUT2D eigenvalue weighted by Crippen LogP contribution is 2.58. The minimum Gasteiger partial charge on any atom is -0.326 e. The zero-order chi connectivity index (χ0) is 12.6. The Balaban J connectivity index is 0.00000133. The lowest BCUT2D eigenvalue weighted by atomic mass is 9.92. The Morgan fingerprint density at radius 1 is 1.26 bits per heavy atom. The lowest BCUT2D eigenvalue weighted by molar-refractivity contribution is -0.118. The number of hydrogen-bond acceptors (Lipinski definition) is 2. The third kappa shape index (κ3) is 3.04. The van der Waals surface area contributed by atoms with Crippen molar-refractivity contribution >= 4 is 35.6 Å². The summed E-state index contributed by atoms with van der Waals surface area (Å²) < 4.78 is 0. The van der Waals surface area contributed by atoms with E-state index in [2.05, 4.69) is 10.6 Å². The molecule has 1 aromatic carbocycles. The van der Waals surface area contributed by atoms with Crippen LogP contribution in [0.4, 0.5) is 5.69 Å². The first-order chi connectivity index (χ1) is 8.70. The SMILES string of the molecule is Cl.O=C(Nc1ccc(Cl)cc1)C1CC12CCNCC2. The maximum absolute atomic E-state index is 12.2. The molecule has 3 nitrogen and oxygen atoms in total. The van der Waals surface area contributed by atoms with Gasteiger partial charge in [-0.2, -0.15) is 0 Å². The number of piperidine rings is 1. The standard InChI is InChI=1S/C14H17ClN2O.ClH/c15-10-1-3-11(4-2-10)17-13(18)12-9-14(12)5-7-16-8-6-14;/h1-4,12,16H,5-9H2,(H,17,18);1H.